The van der Waals surface area contributed by atoms with E-state index in [-0.39, 0.29) is 11.9 Å². The van der Waals surface area contributed by atoms with E-state index < -0.39 is 0 Å². The topological polar surface area (TPSA) is 70.4 Å². The lowest BCUT2D eigenvalue weighted by Gasteiger charge is -2.44. The molecule has 0 radical (unpaired) electrons. The molecule has 2 aromatic rings. The number of piperidine rings is 3. The molecule has 0 unspecified atom stereocenters. The molecule has 6 heteroatoms. The van der Waals surface area contributed by atoms with Crippen molar-refractivity contribution in [1.82, 2.24) is 15.2 Å². The third-order valence-corrected chi connectivity index (χ3v) is 4.96. The molecule has 3 saturated heterocycles. The summed E-state index contributed by atoms with van der Waals surface area (Å²) in [5.41, 5.74) is 1.86. The minimum atomic E-state index is -0.0503. The minimum Gasteiger partial charge on any atom is -0.424 e. The van der Waals surface area contributed by atoms with Crippen molar-refractivity contribution in [3.05, 3.63) is 23.8 Å². The van der Waals surface area contributed by atoms with E-state index >= 15 is 0 Å². The summed E-state index contributed by atoms with van der Waals surface area (Å²) in [4.78, 5) is 19.6. The molecule has 4 heterocycles. The zero-order valence-electron chi connectivity index (χ0n) is 13.3. The van der Waals surface area contributed by atoms with Gasteiger partial charge < -0.3 is 20.0 Å². The molecule has 122 valence electrons. The molecule has 0 saturated carbocycles. The molecule has 3 aliphatic heterocycles. The monoisotopic (exact) mass is 314 g/mol. The molecule has 2 bridgehead atoms. The number of rotatable bonds is 4. The van der Waals surface area contributed by atoms with Gasteiger partial charge in [0.15, 0.2) is 5.58 Å². The molecular formula is C17H22N4O2. The van der Waals surface area contributed by atoms with Crippen LogP contribution in [0, 0.1) is 5.92 Å². The fourth-order valence-electron chi connectivity index (χ4n) is 3.73. The standard InChI is InChI=1S/C17H22N4O2/c1-2-18-17-20-15-12(4-3-5-14(15)23-17)16(22)19-13-10-21-8-6-11(13)7-9-21/h3-5,11,13H,2,6-10H2,1H3,(H,18,20)(H,19,22)/t13-/m1/s1. The highest BCUT2D eigenvalue weighted by Gasteiger charge is 2.35. The summed E-state index contributed by atoms with van der Waals surface area (Å²) in [6.45, 7) is 6.02. The number of carbonyl (C=O) groups is 1. The van der Waals surface area contributed by atoms with Crippen LogP contribution in [0.4, 0.5) is 6.01 Å². The Balaban J connectivity index is 1.57. The van der Waals surface area contributed by atoms with Crippen LogP contribution in [0.3, 0.4) is 0 Å². The Hall–Kier alpha value is -2.08. The highest BCUT2D eigenvalue weighted by Crippen LogP contribution is 2.28. The lowest BCUT2D eigenvalue weighted by molar-refractivity contribution is 0.0621. The highest BCUT2D eigenvalue weighted by atomic mass is 16.4. The van der Waals surface area contributed by atoms with Gasteiger partial charge in [-0.05, 0) is 50.9 Å². The first-order valence-corrected chi connectivity index (χ1v) is 8.41. The second-order valence-corrected chi connectivity index (χ2v) is 6.42. The second kappa shape index (κ2) is 5.85. The van der Waals surface area contributed by atoms with E-state index in [2.05, 4.69) is 20.5 Å². The smallest absolute Gasteiger partial charge is 0.295 e. The second-order valence-electron chi connectivity index (χ2n) is 6.42. The molecule has 5 rings (SSSR count). The van der Waals surface area contributed by atoms with Gasteiger partial charge in [0.2, 0.25) is 0 Å². The molecule has 2 N–H and O–H groups in total. The Kier molecular flexibility index (Phi) is 3.69. The van der Waals surface area contributed by atoms with Gasteiger partial charge in [-0.15, -0.1) is 0 Å². The van der Waals surface area contributed by atoms with Crippen LogP contribution >= 0.6 is 0 Å². The predicted molar refractivity (Wildman–Crippen MR) is 88.6 cm³/mol. The Morgan fingerprint density at radius 3 is 2.91 bits per heavy atom. The average Bonchev–Trinajstić information content (AvgIpc) is 2.98. The zero-order valence-corrected chi connectivity index (χ0v) is 13.3. The average molecular weight is 314 g/mol. The SMILES string of the molecule is CCNc1nc2c(C(=O)N[C@@H]3CN4CCC3CC4)cccc2o1. The number of carbonyl (C=O) groups excluding carboxylic acids is 1. The zero-order chi connectivity index (χ0) is 15.8. The molecule has 0 spiro atoms. The number of anilines is 1. The van der Waals surface area contributed by atoms with Crippen LogP contribution in [0.25, 0.3) is 11.1 Å². The highest BCUT2D eigenvalue weighted by molar-refractivity contribution is 6.04. The summed E-state index contributed by atoms with van der Waals surface area (Å²) >= 11 is 0. The number of fused-ring (bicyclic) bond motifs is 4. The lowest BCUT2D eigenvalue weighted by atomic mass is 9.84. The Morgan fingerprint density at radius 1 is 1.39 bits per heavy atom. The molecule has 0 aliphatic carbocycles. The van der Waals surface area contributed by atoms with Gasteiger partial charge in [-0.1, -0.05) is 6.07 Å². The number of nitrogens with zero attached hydrogens (tertiary/aromatic N) is 2. The summed E-state index contributed by atoms with van der Waals surface area (Å²) in [7, 11) is 0. The Bertz CT molecular complexity index is 718. The van der Waals surface area contributed by atoms with Crippen LogP contribution in [-0.4, -0.2) is 48.0 Å². The van der Waals surface area contributed by atoms with Gasteiger partial charge in [-0.25, -0.2) is 0 Å². The maximum atomic E-state index is 12.7. The van der Waals surface area contributed by atoms with E-state index in [1.54, 1.807) is 0 Å². The van der Waals surface area contributed by atoms with Gasteiger partial charge in [-0.3, -0.25) is 4.79 Å². The summed E-state index contributed by atoms with van der Waals surface area (Å²) in [6.07, 6.45) is 2.37. The molecule has 1 aromatic heterocycles. The van der Waals surface area contributed by atoms with Crippen LogP contribution in [0.1, 0.15) is 30.1 Å². The fourth-order valence-corrected chi connectivity index (χ4v) is 3.73. The first-order chi connectivity index (χ1) is 11.2. The van der Waals surface area contributed by atoms with Crippen molar-refractivity contribution in [2.75, 3.05) is 31.5 Å². The van der Waals surface area contributed by atoms with Gasteiger partial charge in [-0.2, -0.15) is 4.98 Å². The number of hydrogen-bond acceptors (Lipinski definition) is 5. The maximum Gasteiger partial charge on any atom is 0.295 e. The third-order valence-electron chi connectivity index (χ3n) is 4.96. The lowest BCUT2D eigenvalue weighted by Crippen LogP contribution is -2.57. The number of amides is 1. The number of para-hydroxylation sites is 1. The number of benzene rings is 1. The van der Waals surface area contributed by atoms with Gasteiger partial charge in [0.05, 0.1) is 5.56 Å². The fraction of sp³-hybridized carbons (Fsp3) is 0.529. The van der Waals surface area contributed by atoms with Crippen molar-refractivity contribution in [3.63, 3.8) is 0 Å². The van der Waals surface area contributed by atoms with Crippen molar-refractivity contribution in [3.8, 4) is 0 Å². The van der Waals surface area contributed by atoms with Gasteiger partial charge in [0.25, 0.3) is 11.9 Å². The normalized spacial score (nSPS) is 26.4. The Labute approximate surface area is 135 Å². The van der Waals surface area contributed by atoms with E-state index in [1.165, 1.54) is 25.9 Å². The first-order valence-electron chi connectivity index (χ1n) is 8.41. The van der Waals surface area contributed by atoms with Crippen molar-refractivity contribution in [2.45, 2.75) is 25.8 Å². The summed E-state index contributed by atoms with van der Waals surface area (Å²) in [5.74, 6) is 0.559. The predicted octanol–water partition coefficient (Wildman–Crippen LogP) is 2.08. The van der Waals surface area contributed by atoms with Crippen LogP contribution in [-0.2, 0) is 0 Å². The number of aromatic nitrogens is 1. The van der Waals surface area contributed by atoms with Crippen molar-refractivity contribution in [2.24, 2.45) is 5.92 Å². The van der Waals surface area contributed by atoms with Crippen LogP contribution in [0.2, 0.25) is 0 Å². The van der Waals surface area contributed by atoms with Crippen LogP contribution in [0.5, 0.6) is 0 Å². The molecule has 1 atom stereocenters. The number of hydrogen-bond donors (Lipinski definition) is 2. The molecule has 1 aromatic carbocycles. The van der Waals surface area contributed by atoms with E-state index in [9.17, 15) is 4.79 Å². The largest absolute Gasteiger partial charge is 0.424 e. The van der Waals surface area contributed by atoms with E-state index in [0.717, 1.165) is 13.1 Å². The molecule has 1 amide bonds. The van der Waals surface area contributed by atoms with E-state index in [0.29, 0.717) is 28.6 Å². The molecule has 23 heavy (non-hydrogen) atoms. The van der Waals surface area contributed by atoms with Gasteiger partial charge >= 0.3 is 0 Å². The quantitative estimate of drug-likeness (QED) is 0.904. The van der Waals surface area contributed by atoms with Crippen LogP contribution in [0.15, 0.2) is 22.6 Å². The van der Waals surface area contributed by atoms with Crippen molar-refractivity contribution >= 4 is 23.0 Å². The summed E-state index contributed by atoms with van der Waals surface area (Å²) < 4.78 is 5.63. The van der Waals surface area contributed by atoms with Gasteiger partial charge in [0.1, 0.15) is 5.52 Å². The molecule has 3 aliphatic rings. The van der Waals surface area contributed by atoms with Crippen molar-refractivity contribution < 1.29 is 9.21 Å². The molecule has 3 fully saturated rings. The van der Waals surface area contributed by atoms with Crippen molar-refractivity contribution in [1.29, 1.82) is 0 Å². The van der Waals surface area contributed by atoms with Crippen LogP contribution < -0.4 is 10.6 Å². The molecule has 6 nitrogen and oxygen atoms in total. The summed E-state index contributed by atoms with van der Waals surface area (Å²) in [6, 6.07) is 6.21. The van der Waals surface area contributed by atoms with E-state index in [4.69, 9.17) is 4.42 Å². The number of nitrogens with one attached hydrogen (secondary N) is 2. The third kappa shape index (κ3) is 2.67. The first kappa shape index (κ1) is 14.5. The van der Waals surface area contributed by atoms with E-state index in [1.807, 2.05) is 25.1 Å². The van der Waals surface area contributed by atoms with Gasteiger partial charge in [0, 0.05) is 19.1 Å². The Morgan fingerprint density at radius 2 is 2.22 bits per heavy atom. The number of oxazole rings is 1. The minimum absolute atomic E-state index is 0.0503. The molecular weight excluding hydrogens is 292 g/mol. The maximum absolute atomic E-state index is 12.7. The summed E-state index contributed by atoms with van der Waals surface area (Å²) in [5, 5.41) is 6.27.